The van der Waals surface area contributed by atoms with Crippen molar-refractivity contribution < 1.29 is 28.2 Å². The molecule has 0 aliphatic rings. The zero-order valence-corrected chi connectivity index (χ0v) is 21.6. The van der Waals surface area contributed by atoms with Gasteiger partial charge in [-0.05, 0) is 44.0 Å². The van der Waals surface area contributed by atoms with Crippen LogP contribution in [0.4, 0.5) is 9.18 Å². The number of carbonyl (C=O) groups excluding carboxylic acids is 2. The highest BCUT2D eigenvalue weighted by molar-refractivity contribution is 5.95. The van der Waals surface area contributed by atoms with Crippen molar-refractivity contribution in [1.29, 1.82) is 0 Å². The van der Waals surface area contributed by atoms with Crippen molar-refractivity contribution in [3.63, 3.8) is 0 Å². The van der Waals surface area contributed by atoms with Crippen molar-refractivity contribution in [2.75, 3.05) is 20.1 Å². The first-order valence-corrected chi connectivity index (χ1v) is 12.0. The van der Waals surface area contributed by atoms with Crippen LogP contribution in [-0.4, -0.2) is 42.6 Å². The van der Waals surface area contributed by atoms with E-state index in [1.807, 2.05) is 60.7 Å². The lowest BCUT2D eigenvalue weighted by molar-refractivity contribution is 0.0299. The van der Waals surface area contributed by atoms with Gasteiger partial charge >= 0.3 is 6.09 Å². The van der Waals surface area contributed by atoms with Crippen LogP contribution in [0.15, 0.2) is 72.8 Å². The molecular weight excluding hydrogens is 475 g/mol. The highest BCUT2D eigenvalue weighted by Gasteiger charge is 2.21. The van der Waals surface area contributed by atoms with Gasteiger partial charge in [-0.1, -0.05) is 60.7 Å². The molecule has 196 valence electrons. The minimum Gasteiger partial charge on any atom is -0.485 e. The van der Waals surface area contributed by atoms with Crippen LogP contribution in [0.25, 0.3) is 0 Å². The van der Waals surface area contributed by atoms with E-state index >= 15 is 4.39 Å². The average molecular weight is 509 g/mol. The predicted molar refractivity (Wildman–Crippen MR) is 139 cm³/mol. The first-order chi connectivity index (χ1) is 17.6. The molecule has 8 heteroatoms. The number of halogens is 1. The quantitative estimate of drug-likeness (QED) is 0.387. The fourth-order valence-corrected chi connectivity index (χ4v) is 3.28. The van der Waals surface area contributed by atoms with E-state index < -0.39 is 23.4 Å². The number of likely N-dealkylation sites (N-methyl/N-ethyl adjacent to an activating group) is 1. The summed E-state index contributed by atoms with van der Waals surface area (Å²) in [6, 6.07) is 21.4. The first kappa shape index (κ1) is 27.5. The summed E-state index contributed by atoms with van der Waals surface area (Å²) in [7, 11) is 1.58. The third kappa shape index (κ3) is 8.83. The van der Waals surface area contributed by atoms with Crippen LogP contribution in [0.3, 0.4) is 0 Å². The molecule has 0 spiro atoms. The lowest BCUT2D eigenvalue weighted by Gasteiger charge is -2.24. The third-order valence-corrected chi connectivity index (χ3v) is 5.17. The van der Waals surface area contributed by atoms with E-state index in [9.17, 15) is 9.59 Å². The maximum Gasteiger partial charge on any atom is 0.410 e. The Morgan fingerprint density at radius 3 is 2.03 bits per heavy atom. The van der Waals surface area contributed by atoms with Crippen LogP contribution in [0.1, 0.15) is 42.3 Å². The fourth-order valence-electron chi connectivity index (χ4n) is 3.28. The molecule has 0 atom stereocenters. The molecule has 0 bridgehead atoms. The van der Waals surface area contributed by atoms with E-state index in [2.05, 4.69) is 5.32 Å². The summed E-state index contributed by atoms with van der Waals surface area (Å²) in [6.07, 6.45) is -0.496. The SMILES string of the molecule is CN(CCNC(=O)c1cc(F)c(OCc2ccccc2)c(OCc2ccccc2)c1)C(=O)OC(C)(C)C. The molecule has 0 aromatic heterocycles. The van der Waals surface area contributed by atoms with Crippen molar-refractivity contribution in [3.05, 3.63) is 95.3 Å². The van der Waals surface area contributed by atoms with Gasteiger partial charge in [-0.3, -0.25) is 4.79 Å². The number of nitrogens with one attached hydrogen (secondary N) is 1. The topological polar surface area (TPSA) is 77.1 Å². The number of rotatable bonds is 10. The number of ether oxygens (including phenoxy) is 3. The Balaban J connectivity index is 1.70. The molecule has 0 aliphatic heterocycles. The lowest BCUT2D eigenvalue weighted by atomic mass is 10.1. The molecule has 2 amide bonds. The van der Waals surface area contributed by atoms with Crippen LogP contribution >= 0.6 is 0 Å². The predicted octanol–water partition coefficient (Wildman–Crippen LogP) is 5.58. The largest absolute Gasteiger partial charge is 0.485 e. The second-order valence-corrected chi connectivity index (χ2v) is 9.49. The molecule has 3 aromatic rings. The molecule has 0 saturated heterocycles. The van der Waals surface area contributed by atoms with Gasteiger partial charge in [-0.15, -0.1) is 0 Å². The van der Waals surface area contributed by atoms with Crippen molar-refractivity contribution in [2.45, 2.75) is 39.6 Å². The molecular formula is C29H33FN2O5. The molecule has 0 heterocycles. The van der Waals surface area contributed by atoms with Crippen molar-refractivity contribution >= 4 is 12.0 Å². The molecule has 1 N–H and O–H groups in total. The van der Waals surface area contributed by atoms with Crippen LogP contribution in [0.5, 0.6) is 11.5 Å². The van der Waals surface area contributed by atoms with Gasteiger partial charge in [0.2, 0.25) is 0 Å². The lowest BCUT2D eigenvalue weighted by Crippen LogP contribution is -2.39. The summed E-state index contributed by atoms with van der Waals surface area (Å²) in [5.41, 5.74) is 1.21. The van der Waals surface area contributed by atoms with E-state index in [0.29, 0.717) is 0 Å². The number of hydrogen-bond donors (Lipinski definition) is 1. The monoisotopic (exact) mass is 508 g/mol. The van der Waals surface area contributed by atoms with Crippen LogP contribution in [0, 0.1) is 5.82 Å². The molecule has 37 heavy (non-hydrogen) atoms. The number of benzene rings is 3. The Bertz CT molecular complexity index is 1180. The van der Waals surface area contributed by atoms with Gasteiger partial charge in [-0.2, -0.15) is 0 Å². The Kier molecular flexibility index (Phi) is 9.49. The second-order valence-electron chi connectivity index (χ2n) is 9.49. The molecule has 0 saturated carbocycles. The summed E-state index contributed by atoms with van der Waals surface area (Å²) in [5, 5.41) is 2.70. The maximum atomic E-state index is 15.2. The molecule has 3 aromatic carbocycles. The van der Waals surface area contributed by atoms with E-state index in [1.165, 1.54) is 11.0 Å². The van der Waals surface area contributed by atoms with Crippen LogP contribution < -0.4 is 14.8 Å². The van der Waals surface area contributed by atoms with E-state index in [-0.39, 0.29) is 43.4 Å². The molecule has 0 aliphatic carbocycles. The second kappa shape index (κ2) is 12.8. The van der Waals surface area contributed by atoms with E-state index in [4.69, 9.17) is 14.2 Å². The number of carbonyl (C=O) groups is 2. The van der Waals surface area contributed by atoms with E-state index in [1.54, 1.807) is 27.8 Å². The maximum absolute atomic E-state index is 15.2. The van der Waals surface area contributed by atoms with Gasteiger partial charge in [-0.25, -0.2) is 9.18 Å². The van der Waals surface area contributed by atoms with Crippen LogP contribution in [-0.2, 0) is 18.0 Å². The van der Waals surface area contributed by atoms with Gasteiger partial charge in [0.05, 0.1) is 0 Å². The van der Waals surface area contributed by atoms with Gasteiger partial charge in [0, 0.05) is 25.7 Å². The van der Waals surface area contributed by atoms with Gasteiger partial charge in [0.15, 0.2) is 17.3 Å². The Morgan fingerprint density at radius 2 is 1.46 bits per heavy atom. The summed E-state index contributed by atoms with van der Waals surface area (Å²) in [5.74, 6) is -1.16. The minimum atomic E-state index is -0.711. The van der Waals surface area contributed by atoms with Crippen LogP contribution in [0.2, 0.25) is 0 Å². The van der Waals surface area contributed by atoms with Crippen molar-refractivity contribution in [1.82, 2.24) is 10.2 Å². The third-order valence-electron chi connectivity index (χ3n) is 5.17. The molecule has 0 fully saturated rings. The molecule has 7 nitrogen and oxygen atoms in total. The number of hydrogen-bond acceptors (Lipinski definition) is 5. The Hall–Kier alpha value is -4.07. The highest BCUT2D eigenvalue weighted by Crippen LogP contribution is 2.33. The zero-order chi connectivity index (χ0) is 26.8. The van der Waals surface area contributed by atoms with Gasteiger partial charge in [0.1, 0.15) is 18.8 Å². The molecule has 0 unspecified atom stereocenters. The average Bonchev–Trinajstić information content (AvgIpc) is 2.86. The summed E-state index contributed by atoms with van der Waals surface area (Å²) in [6.45, 7) is 6.02. The minimum absolute atomic E-state index is 0.0685. The van der Waals surface area contributed by atoms with Gasteiger partial charge < -0.3 is 24.4 Å². The number of nitrogens with zero attached hydrogens (tertiary/aromatic N) is 1. The first-order valence-electron chi connectivity index (χ1n) is 12.0. The summed E-state index contributed by atoms with van der Waals surface area (Å²) < 4.78 is 32.1. The number of amides is 2. The van der Waals surface area contributed by atoms with E-state index in [0.717, 1.165) is 17.2 Å². The highest BCUT2D eigenvalue weighted by atomic mass is 19.1. The van der Waals surface area contributed by atoms with Crippen molar-refractivity contribution in [3.8, 4) is 11.5 Å². The molecule has 0 radical (unpaired) electrons. The van der Waals surface area contributed by atoms with Gasteiger partial charge in [0.25, 0.3) is 5.91 Å². The smallest absolute Gasteiger partial charge is 0.410 e. The fraction of sp³-hybridized carbons (Fsp3) is 0.310. The zero-order valence-electron chi connectivity index (χ0n) is 21.6. The van der Waals surface area contributed by atoms with Crippen molar-refractivity contribution in [2.24, 2.45) is 0 Å². The normalized spacial score (nSPS) is 10.9. The Morgan fingerprint density at radius 1 is 0.892 bits per heavy atom. The Labute approximate surface area is 217 Å². The summed E-state index contributed by atoms with van der Waals surface area (Å²) >= 11 is 0. The molecule has 3 rings (SSSR count). The standard InChI is InChI=1S/C29H33FN2O5/c1-29(2,3)37-28(34)32(4)16-15-31-27(33)23-17-24(30)26(36-20-22-13-9-6-10-14-22)25(18-23)35-19-21-11-7-5-8-12-21/h5-14,17-18H,15-16,19-20H2,1-4H3,(H,31,33). The summed E-state index contributed by atoms with van der Waals surface area (Å²) in [4.78, 5) is 26.2.